The van der Waals surface area contributed by atoms with Gasteiger partial charge in [-0.1, -0.05) is 30.3 Å². The molecule has 1 aromatic carbocycles. The number of rotatable bonds is 4. The van der Waals surface area contributed by atoms with Crippen LogP contribution in [0.3, 0.4) is 0 Å². The first kappa shape index (κ1) is 10.3. The van der Waals surface area contributed by atoms with Gasteiger partial charge in [0.2, 0.25) is 0 Å². The molecule has 0 saturated carbocycles. The summed E-state index contributed by atoms with van der Waals surface area (Å²) in [5.41, 5.74) is 0.604. The summed E-state index contributed by atoms with van der Waals surface area (Å²) in [5.74, 6) is -0.565. The average molecular weight is 191 g/mol. The molecule has 1 rings (SSSR count). The molecule has 0 aromatic heterocycles. The van der Waals surface area contributed by atoms with Crippen LogP contribution in [0.15, 0.2) is 42.4 Å². The van der Waals surface area contributed by atoms with Crippen LogP contribution >= 0.6 is 0 Å². The summed E-state index contributed by atoms with van der Waals surface area (Å²) < 4.78 is 4.39. The Kier molecular flexibility index (Phi) is 3.73. The van der Waals surface area contributed by atoms with E-state index in [1.54, 1.807) is 24.3 Å². The third kappa shape index (κ3) is 2.94. The third-order valence-electron chi connectivity index (χ3n) is 1.75. The van der Waals surface area contributed by atoms with Crippen molar-refractivity contribution in [3.05, 3.63) is 47.9 Å². The highest BCUT2D eigenvalue weighted by atomic mass is 16.6. The predicted molar refractivity (Wildman–Crippen MR) is 51.2 cm³/mol. The lowest BCUT2D eigenvalue weighted by Gasteiger charge is -1.96. The molecule has 0 N–H and O–H groups in total. The summed E-state index contributed by atoms with van der Waals surface area (Å²) in [6, 6.07) is 8.83. The van der Waals surface area contributed by atoms with Gasteiger partial charge in [-0.05, 0) is 0 Å². The van der Waals surface area contributed by atoms with Gasteiger partial charge in [-0.25, -0.2) is 5.11 Å². The maximum Gasteiger partial charge on any atom is 0.326 e. The molecule has 0 aliphatic rings. The van der Waals surface area contributed by atoms with Gasteiger partial charge in [0.1, 0.15) is 0 Å². The maximum atomic E-state index is 11.4. The fourth-order valence-electron chi connectivity index (χ4n) is 1.00. The van der Waals surface area contributed by atoms with Crippen LogP contribution in [0.4, 0.5) is 0 Å². The largest absolute Gasteiger partial charge is 0.466 e. The highest BCUT2D eigenvalue weighted by Gasteiger charge is 2.03. The van der Waals surface area contributed by atoms with E-state index in [2.05, 4.69) is 4.74 Å². The zero-order chi connectivity index (χ0) is 10.4. The minimum Gasteiger partial charge on any atom is -0.466 e. The van der Waals surface area contributed by atoms with E-state index in [0.717, 1.165) is 0 Å². The van der Waals surface area contributed by atoms with Gasteiger partial charge in [-0.15, -0.1) is 0 Å². The van der Waals surface area contributed by atoms with Crippen molar-refractivity contribution in [1.29, 1.82) is 0 Å². The Morgan fingerprint density at radius 3 is 2.57 bits per heavy atom. The highest BCUT2D eigenvalue weighted by Crippen LogP contribution is 2.04. The SMILES string of the molecule is COC([O])=CCC(=O)c1ccccc1. The molecule has 1 aromatic rings. The van der Waals surface area contributed by atoms with Crippen LogP contribution < -0.4 is 0 Å². The van der Waals surface area contributed by atoms with Gasteiger partial charge < -0.3 is 4.74 Å². The quantitative estimate of drug-likeness (QED) is 0.541. The first-order chi connectivity index (χ1) is 6.74. The number of ether oxygens (including phenoxy) is 1. The van der Waals surface area contributed by atoms with E-state index in [-0.39, 0.29) is 12.2 Å². The van der Waals surface area contributed by atoms with Crippen LogP contribution in [0.5, 0.6) is 0 Å². The van der Waals surface area contributed by atoms with Gasteiger partial charge in [0.25, 0.3) is 0 Å². The van der Waals surface area contributed by atoms with Gasteiger partial charge in [0, 0.05) is 18.1 Å². The van der Waals surface area contributed by atoms with Gasteiger partial charge in [0.05, 0.1) is 7.11 Å². The smallest absolute Gasteiger partial charge is 0.326 e. The zero-order valence-electron chi connectivity index (χ0n) is 7.90. The first-order valence-corrected chi connectivity index (χ1v) is 4.23. The first-order valence-electron chi connectivity index (χ1n) is 4.23. The van der Waals surface area contributed by atoms with Crippen molar-refractivity contribution in [2.45, 2.75) is 6.42 Å². The topological polar surface area (TPSA) is 46.2 Å². The van der Waals surface area contributed by atoms with Crippen molar-refractivity contribution in [2.75, 3.05) is 7.11 Å². The molecule has 73 valence electrons. The van der Waals surface area contributed by atoms with Crippen molar-refractivity contribution in [1.82, 2.24) is 0 Å². The number of ketones is 1. The molecular weight excluding hydrogens is 180 g/mol. The Morgan fingerprint density at radius 1 is 1.36 bits per heavy atom. The van der Waals surface area contributed by atoms with Gasteiger partial charge in [-0.2, -0.15) is 0 Å². The van der Waals surface area contributed by atoms with Crippen LogP contribution in [-0.2, 0) is 9.84 Å². The van der Waals surface area contributed by atoms with Crippen LogP contribution in [0.1, 0.15) is 16.8 Å². The zero-order valence-corrected chi connectivity index (χ0v) is 7.90. The molecule has 1 radical (unpaired) electrons. The monoisotopic (exact) mass is 191 g/mol. The van der Waals surface area contributed by atoms with Crippen molar-refractivity contribution in [3.63, 3.8) is 0 Å². The molecule has 0 aliphatic heterocycles. The van der Waals surface area contributed by atoms with E-state index in [0.29, 0.717) is 5.56 Å². The third-order valence-corrected chi connectivity index (χ3v) is 1.75. The number of benzene rings is 1. The molecule has 0 spiro atoms. The molecule has 0 atom stereocenters. The van der Waals surface area contributed by atoms with E-state index in [9.17, 15) is 9.90 Å². The molecule has 0 unspecified atom stereocenters. The Morgan fingerprint density at radius 2 is 2.00 bits per heavy atom. The minimum atomic E-state index is -0.478. The summed E-state index contributed by atoms with van der Waals surface area (Å²) in [6.07, 6.45) is 1.31. The molecule has 0 aliphatic carbocycles. The van der Waals surface area contributed by atoms with Gasteiger partial charge in [0.15, 0.2) is 5.78 Å². The number of carbonyl (C=O) groups is 1. The van der Waals surface area contributed by atoms with Crippen LogP contribution in [0.25, 0.3) is 0 Å². The average Bonchev–Trinajstić information content (AvgIpc) is 2.26. The van der Waals surface area contributed by atoms with Crippen molar-refractivity contribution in [2.24, 2.45) is 0 Å². The molecular formula is C11H11O3. The molecule has 0 saturated heterocycles. The predicted octanol–water partition coefficient (Wildman–Crippen LogP) is 2.18. The summed E-state index contributed by atoms with van der Waals surface area (Å²) in [5, 5.41) is 10.7. The maximum absolute atomic E-state index is 11.4. The number of methoxy groups -OCH3 is 1. The lowest BCUT2D eigenvalue weighted by molar-refractivity contribution is 0.0827. The standard InChI is InChI=1S/C11H11O3/c1-14-11(13)8-7-10(12)9-5-3-2-4-6-9/h2-6,8H,7H2,1H3. The van der Waals surface area contributed by atoms with E-state index in [4.69, 9.17) is 0 Å². The Labute approximate surface area is 82.6 Å². The summed E-state index contributed by atoms with van der Waals surface area (Å²) in [7, 11) is 1.28. The molecule has 14 heavy (non-hydrogen) atoms. The van der Waals surface area contributed by atoms with Crippen LogP contribution in [0.2, 0.25) is 0 Å². The number of carbonyl (C=O) groups excluding carboxylic acids is 1. The molecule has 3 heteroatoms. The van der Waals surface area contributed by atoms with Crippen LogP contribution in [-0.4, -0.2) is 12.9 Å². The van der Waals surface area contributed by atoms with Gasteiger partial charge >= 0.3 is 5.95 Å². The Bertz CT molecular complexity index is 328. The normalized spacial score (nSPS) is 11.1. The van der Waals surface area contributed by atoms with Crippen molar-refractivity contribution >= 4 is 5.78 Å². The summed E-state index contributed by atoms with van der Waals surface area (Å²) in [6.45, 7) is 0. The summed E-state index contributed by atoms with van der Waals surface area (Å²) in [4.78, 5) is 11.4. The number of hydrogen-bond acceptors (Lipinski definition) is 2. The van der Waals surface area contributed by atoms with Crippen LogP contribution in [0, 0.1) is 0 Å². The lowest BCUT2D eigenvalue weighted by Crippen LogP contribution is -1.97. The molecule has 0 fully saturated rings. The van der Waals surface area contributed by atoms with E-state index < -0.39 is 5.95 Å². The number of allylic oxidation sites excluding steroid dienone is 1. The van der Waals surface area contributed by atoms with E-state index >= 15 is 0 Å². The fourth-order valence-corrected chi connectivity index (χ4v) is 1.00. The second-order valence-electron chi connectivity index (χ2n) is 2.72. The molecule has 0 bridgehead atoms. The second-order valence-corrected chi connectivity index (χ2v) is 2.72. The molecule has 0 amide bonds. The van der Waals surface area contributed by atoms with E-state index in [1.165, 1.54) is 13.2 Å². The summed E-state index contributed by atoms with van der Waals surface area (Å²) >= 11 is 0. The second kappa shape index (κ2) is 5.07. The lowest BCUT2D eigenvalue weighted by atomic mass is 10.1. The number of hydrogen-bond donors (Lipinski definition) is 0. The van der Waals surface area contributed by atoms with Crippen molar-refractivity contribution < 1.29 is 14.6 Å². The fraction of sp³-hybridized carbons (Fsp3) is 0.182. The Balaban J connectivity index is 2.60. The van der Waals surface area contributed by atoms with Crippen molar-refractivity contribution in [3.8, 4) is 0 Å². The van der Waals surface area contributed by atoms with E-state index in [1.807, 2.05) is 6.07 Å². The molecule has 3 nitrogen and oxygen atoms in total. The highest BCUT2D eigenvalue weighted by molar-refractivity contribution is 5.96. The number of Topliss-reactive ketones (excluding diaryl/α,β-unsaturated/α-hetero) is 1. The molecule has 0 heterocycles. The Hall–Kier alpha value is -1.77. The van der Waals surface area contributed by atoms with Gasteiger partial charge in [-0.3, -0.25) is 4.79 Å². The minimum absolute atomic E-state index is 0.0800.